The van der Waals surface area contributed by atoms with E-state index in [-0.39, 0.29) is 23.8 Å². The first-order valence-electron chi connectivity index (χ1n) is 13.1. The molecule has 1 fully saturated rings. The molecule has 4 heteroatoms. The Balaban J connectivity index is 2.16. The fourth-order valence-electron chi connectivity index (χ4n) is 5.30. The number of esters is 2. The minimum atomic E-state index is -0.0758. The Hall–Kier alpha value is -1.06. The van der Waals surface area contributed by atoms with Crippen LogP contribution in [-0.2, 0) is 19.1 Å². The van der Waals surface area contributed by atoms with Crippen LogP contribution < -0.4 is 0 Å². The lowest BCUT2D eigenvalue weighted by Crippen LogP contribution is -2.28. The predicted octanol–water partition coefficient (Wildman–Crippen LogP) is 7.58. The van der Waals surface area contributed by atoms with Crippen molar-refractivity contribution < 1.29 is 19.1 Å². The molecule has 0 amide bonds. The lowest BCUT2D eigenvalue weighted by atomic mass is 9.82. The van der Waals surface area contributed by atoms with E-state index in [2.05, 4.69) is 55.4 Å². The highest BCUT2D eigenvalue weighted by Gasteiger charge is 2.31. The number of hydrogen-bond donors (Lipinski definition) is 0. The van der Waals surface area contributed by atoms with Crippen molar-refractivity contribution in [2.45, 2.75) is 120 Å². The zero-order chi connectivity index (χ0) is 24.4. The fraction of sp³-hybridized carbons (Fsp3) is 0.929. The normalized spacial score (nSPS) is 21.6. The predicted molar refractivity (Wildman–Crippen MR) is 132 cm³/mol. The largest absolute Gasteiger partial charge is 0.465 e. The van der Waals surface area contributed by atoms with Crippen LogP contribution in [0.2, 0.25) is 0 Å². The monoisotopic (exact) mass is 452 g/mol. The smallest absolute Gasteiger partial charge is 0.308 e. The Morgan fingerprint density at radius 2 is 1.00 bits per heavy atom. The first-order valence-corrected chi connectivity index (χ1v) is 13.1. The van der Waals surface area contributed by atoms with Gasteiger partial charge in [0.15, 0.2) is 0 Å². The van der Waals surface area contributed by atoms with Gasteiger partial charge < -0.3 is 9.47 Å². The molecule has 1 aliphatic carbocycles. The first kappa shape index (κ1) is 29.0. The van der Waals surface area contributed by atoms with Gasteiger partial charge in [0, 0.05) is 0 Å². The van der Waals surface area contributed by atoms with E-state index in [1.807, 2.05) is 0 Å². The first-order chi connectivity index (χ1) is 14.8. The number of ether oxygens (including phenoxy) is 2. The van der Waals surface area contributed by atoms with Crippen LogP contribution in [0.3, 0.4) is 0 Å². The van der Waals surface area contributed by atoms with Gasteiger partial charge in [0.1, 0.15) is 0 Å². The van der Waals surface area contributed by atoms with Crippen LogP contribution in [0.15, 0.2) is 0 Å². The van der Waals surface area contributed by atoms with E-state index in [9.17, 15) is 9.59 Å². The maximum absolute atomic E-state index is 12.4. The van der Waals surface area contributed by atoms with Gasteiger partial charge in [-0.15, -0.1) is 0 Å². The van der Waals surface area contributed by atoms with Crippen LogP contribution in [0.1, 0.15) is 120 Å². The molecule has 0 radical (unpaired) electrons. The summed E-state index contributed by atoms with van der Waals surface area (Å²) in [4.78, 5) is 24.8. The molecular weight excluding hydrogens is 400 g/mol. The molecule has 0 aromatic rings. The highest BCUT2D eigenvalue weighted by molar-refractivity contribution is 5.75. The van der Waals surface area contributed by atoms with Gasteiger partial charge >= 0.3 is 11.9 Å². The van der Waals surface area contributed by atoms with Crippen molar-refractivity contribution in [1.29, 1.82) is 0 Å². The molecule has 4 nitrogen and oxygen atoms in total. The van der Waals surface area contributed by atoms with E-state index in [1.54, 1.807) is 0 Å². The van der Waals surface area contributed by atoms with Crippen molar-refractivity contribution in [2.75, 3.05) is 13.2 Å². The Bertz CT molecular complexity index is 497. The average molecular weight is 453 g/mol. The summed E-state index contributed by atoms with van der Waals surface area (Å²) in [5.41, 5.74) is 0.696. The molecule has 1 rings (SSSR count). The minimum absolute atomic E-state index is 0.0516. The zero-order valence-corrected chi connectivity index (χ0v) is 22.4. The highest BCUT2D eigenvalue weighted by atomic mass is 16.5. The van der Waals surface area contributed by atoms with Gasteiger partial charge in [-0.25, -0.2) is 0 Å². The van der Waals surface area contributed by atoms with Gasteiger partial charge in [0.2, 0.25) is 0 Å². The van der Waals surface area contributed by atoms with Gasteiger partial charge in [-0.3, -0.25) is 9.59 Å². The second-order valence-corrected chi connectivity index (χ2v) is 12.9. The van der Waals surface area contributed by atoms with Gasteiger partial charge in [-0.05, 0) is 86.9 Å². The van der Waals surface area contributed by atoms with E-state index in [4.69, 9.17) is 9.47 Å². The molecule has 188 valence electrons. The molecular formula is C28H52O4. The summed E-state index contributed by atoms with van der Waals surface area (Å²) in [6.07, 6.45) is 9.38. The Morgan fingerprint density at radius 1 is 0.688 bits per heavy atom. The summed E-state index contributed by atoms with van der Waals surface area (Å²) in [7, 11) is 0. The van der Waals surface area contributed by atoms with Gasteiger partial charge in [0.25, 0.3) is 0 Å². The lowest BCUT2D eigenvalue weighted by molar-refractivity contribution is -0.155. The maximum atomic E-state index is 12.4. The van der Waals surface area contributed by atoms with Gasteiger partial charge in [-0.1, -0.05) is 55.4 Å². The zero-order valence-electron chi connectivity index (χ0n) is 22.4. The van der Waals surface area contributed by atoms with E-state index < -0.39 is 0 Å². The number of rotatable bonds is 12. The highest BCUT2D eigenvalue weighted by Crippen LogP contribution is 2.31. The fourth-order valence-corrected chi connectivity index (χ4v) is 5.30. The van der Waals surface area contributed by atoms with Crippen LogP contribution in [0.5, 0.6) is 0 Å². The van der Waals surface area contributed by atoms with Gasteiger partial charge in [-0.2, -0.15) is 0 Å². The second-order valence-electron chi connectivity index (χ2n) is 12.9. The summed E-state index contributed by atoms with van der Waals surface area (Å²) in [5, 5.41) is 0. The molecule has 0 aliphatic heterocycles. The van der Waals surface area contributed by atoms with Crippen molar-refractivity contribution in [2.24, 2.45) is 34.5 Å². The van der Waals surface area contributed by atoms with Crippen molar-refractivity contribution in [3.8, 4) is 0 Å². The summed E-state index contributed by atoms with van der Waals surface area (Å²) >= 11 is 0. The van der Waals surface area contributed by atoms with E-state index in [0.29, 0.717) is 35.9 Å². The molecule has 0 bridgehead atoms. The molecule has 32 heavy (non-hydrogen) atoms. The van der Waals surface area contributed by atoms with Crippen molar-refractivity contribution >= 4 is 11.9 Å². The molecule has 0 aromatic carbocycles. The Morgan fingerprint density at radius 3 is 1.28 bits per heavy atom. The molecule has 0 aromatic heterocycles. The third-order valence-corrected chi connectivity index (χ3v) is 6.49. The minimum Gasteiger partial charge on any atom is -0.465 e. The summed E-state index contributed by atoms with van der Waals surface area (Å²) < 4.78 is 11.1. The molecule has 1 saturated carbocycles. The molecule has 0 N–H and O–H groups in total. The maximum Gasteiger partial charge on any atom is 0.308 e. The van der Waals surface area contributed by atoms with E-state index in [0.717, 1.165) is 51.4 Å². The second kappa shape index (κ2) is 13.6. The molecule has 0 saturated heterocycles. The summed E-state index contributed by atoms with van der Waals surface area (Å²) in [6.45, 7) is 19.2. The molecule has 0 heterocycles. The third-order valence-electron chi connectivity index (χ3n) is 6.49. The quantitative estimate of drug-likeness (QED) is 0.226. The van der Waals surface area contributed by atoms with E-state index in [1.165, 1.54) is 12.8 Å². The van der Waals surface area contributed by atoms with E-state index >= 15 is 0 Å². The Kier molecular flexibility index (Phi) is 12.3. The van der Waals surface area contributed by atoms with Gasteiger partial charge in [0.05, 0.1) is 25.0 Å². The average Bonchev–Trinajstić information content (AvgIpc) is 2.65. The van der Waals surface area contributed by atoms with Crippen LogP contribution in [0.4, 0.5) is 0 Å². The lowest BCUT2D eigenvalue weighted by Gasteiger charge is -2.26. The van der Waals surface area contributed by atoms with Crippen LogP contribution >= 0.6 is 0 Å². The third kappa shape index (κ3) is 13.5. The van der Waals surface area contributed by atoms with Crippen LogP contribution in [-0.4, -0.2) is 25.2 Å². The van der Waals surface area contributed by atoms with Crippen LogP contribution in [0.25, 0.3) is 0 Å². The van der Waals surface area contributed by atoms with Crippen molar-refractivity contribution in [3.05, 3.63) is 0 Å². The van der Waals surface area contributed by atoms with Crippen molar-refractivity contribution in [1.82, 2.24) is 0 Å². The molecule has 1 aliphatic rings. The number of hydrogen-bond acceptors (Lipinski definition) is 4. The van der Waals surface area contributed by atoms with Crippen LogP contribution in [0, 0.1) is 34.5 Å². The number of carbonyl (C=O) groups excluding carboxylic acids is 2. The Labute approximate surface area is 198 Å². The molecule has 2 unspecified atom stereocenters. The number of carbonyl (C=O) groups is 2. The topological polar surface area (TPSA) is 52.6 Å². The summed E-state index contributed by atoms with van der Waals surface area (Å²) in [6, 6.07) is 0. The molecule has 0 spiro atoms. The SMILES string of the molecule is CC(CCCOC(=O)C1CCC(C(=O)OCCCC(C)CC(C)(C)C)CC1)CC(C)(C)C. The summed E-state index contributed by atoms with van der Waals surface area (Å²) in [5.74, 6) is 1.04. The standard InChI is InChI=1S/C28H52O4/c1-21(19-27(3,4)5)11-9-17-31-25(29)23-13-15-24(16-14-23)26(30)32-18-10-12-22(2)20-28(6,7)8/h21-24H,9-20H2,1-8H3. The molecule has 2 atom stereocenters. The van der Waals surface area contributed by atoms with Crippen molar-refractivity contribution in [3.63, 3.8) is 0 Å².